The number of halogens is 2. The molecular formula is C20H23Cl2N3O. The van der Waals surface area contributed by atoms with Gasteiger partial charge in [-0.05, 0) is 49.2 Å². The number of hydrogen-bond donors (Lipinski definition) is 1. The van der Waals surface area contributed by atoms with Gasteiger partial charge in [0.25, 0.3) is 0 Å². The molecule has 0 saturated carbocycles. The summed E-state index contributed by atoms with van der Waals surface area (Å²) in [6, 6.07) is 14.0. The van der Waals surface area contributed by atoms with Crippen LogP contribution in [0.5, 0.6) is 0 Å². The molecular weight excluding hydrogens is 369 g/mol. The molecule has 4 nitrogen and oxygen atoms in total. The number of benzene rings is 2. The fourth-order valence-corrected chi connectivity index (χ4v) is 3.76. The number of aryl methyl sites for hydroxylation is 1. The van der Waals surface area contributed by atoms with Crippen LogP contribution < -0.4 is 10.2 Å². The minimum absolute atomic E-state index is 0.0632. The molecule has 0 radical (unpaired) electrons. The zero-order chi connectivity index (χ0) is 18.7. The minimum atomic E-state index is -0.0632. The van der Waals surface area contributed by atoms with Crippen molar-refractivity contribution in [3.63, 3.8) is 0 Å². The van der Waals surface area contributed by atoms with Crippen LogP contribution >= 0.6 is 23.2 Å². The summed E-state index contributed by atoms with van der Waals surface area (Å²) in [5.74, 6) is 0. The lowest BCUT2D eigenvalue weighted by Gasteiger charge is -2.41. The largest absolute Gasteiger partial charge is 0.365 e. The molecule has 26 heavy (non-hydrogen) atoms. The van der Waals surface area contributed by atoms with Crippen LogP contribution in [-0.4, -0.2) is 36.6 Å². The van der Waals surface area contributed by atoms with Crippen molar-refractivity contribution in [2.24, 2.45) is 0 Å². The second kappa shape index (κ2) is 8.19. The maximum absolute atomic E-state index is 12.5. The van der Waals surface area contributed by atoms with Gasteiger partial charge in [-0.3, -0.25) is 0 Å². The highest BCUT2D eigenvalue weighted by Gasteiger charge is 2.26. The number of piperazine rings is 1. The van der Waals surface area contributed by atoms with Crippen LogP contribution in [0.2, 0.25) is 10.0 Å². The van der Waals surface area contributed by atoms with Crippen molar-refractivity contribution in [1.29, 1.82) is 0 Å². The van der Waals surface area contributed by atoms with Gasteiger partial charge in [0.15, 0.2) is 0 Å². The van der Waals surface area contributed by atoms with Crippen molar-refractivity contribution in [1.82, 2.24) is 10.2 Å². The second-order valence-electron chi connectivity index (χ2n) is 6.72. The average Bonchev–Trinajstić information content (AvgIpc) is 2.60. The third-order valence-electron chi connectivity index (χ3n) is 4.69. The van der Waals surface area contributed by atoms with Crippen molar-refractivity contribution in [3.05, 3.63) is 63.6 Å². The molecule has 1 aliphatic rings. The molecule has 0 aromatic heterocycles. The van der Waals surface area contributed by atoms with Crippen molar-refractivity contribution < 1.29 is 4.79 Å². The predicted molar refractivity (Wildman–Crippen MR) is 108 cm³/mol. The van der Waals surface area contributed by atoms with Crippen LogP contribution in [-0.2, 0) is 6.54 Å². The van der Waals surface area contributed by atoms with Gasteiger partial charge in [-0.15, -0.1) is 0 Å². The van der Waals surface area contributed by atoms with Gasteiger partial charge < -0.3 is 15.1 Å². The van der Waals surface area contributed by atoms with Crippen LogP contribution in [0.25, 0.3) is 0 Å². The summed E-state index contributed by atoms with van der Waals surface area (Å²) in [5, 5.41) is 4.11. The first-order chi connectivity index (χ1) is 12.4. The molecule has 0 aliphatic carbocycles. The van der Waals surface area contributed by atoms with Crippen LogP contribution in [0, 0.1) is 6.92 Å². The van der Waals surface area contributed by atoms with Crippen molar-refractivity contribution >= 4 is 34.9 Å². The molecule has 6 heteroatoms. The summed E-state index contributed by atoms with van der Waals surface area (Å²) < 4.78 is 0. The lowest BCUT2D eigenvalue weighted by atomic mass is 10.1. The maximum atomic E-state index is 12.5. The molecule has 138 valence electrons. The highest BCUT2D eigenvalue weighted by Crippen LogP contribution is 2.23. The average molecular weight is 392 g/mol. The molecule has 3 rings (SSSR count). The Labute approximate surface area is 164 Å². The Hall–Kier alpha value is -1.91. The van der Waals surface area contributed by atoms with Crippen LogP contribution in [0.1, 0.15) is 18.1 Å². The van der Waals surface area contributed by atoms with E-state index in [-0.39, 0.29) is 12.1 Å². The standard InChI is InChI=1S/C20H23Cl2N3O/c1-14-4-3-5-18(10-14)25-9-8-24(13-15(25)2)20(26)23-12-16-6-7-17(21)11-19(16)22/h3-7,10-11,15H,8-9,12-13H2,1-2H3,(H,23,26). The van der Waals surface area contributed by atoms with Gasteiger partial charge in [0.05, 0.1) is 0 Å². The number of nitrogens with one attached hydrogen (secondary N) is 1. The Bertz CT molecular complexity index is 796. The number of carbonyl (C=O) groups excluding carboxylic acids is 1. The second-order valence-corrected chi connectivity index (χ2v) is 7.57. The van der Waals surface area contributed by atoms with E-state index in [0.29, 0.717) is 29.7 Å². The smallest absolute Gasteiger partial charge is 0.317 e. The fraction of sp³-hybridized carbons (Fsp3) is 0.350. The third kappa shape index (κ3) is 4.43. The number of anilines is 1. The molecule has 1 N–H and O–H groups in total. The Kier molecular flexibility index (Phi) is 5.94. The molecule has 2 aromatic rings. The number of nitrogens with zero attached hydrogens (tertiary/aromatic N) is 2. The highest BCUT2D eigenvalue weighted by atomic mass is 35.5. The van der Waals surface area contributed by atoms with E-state index >= 15 is 0 Å². The van der Waals surface area contributed by atoms with E-state index in [9.17, 15) is 4.79 Å². The van der Waals surface area contributed by atoms with Gasteiger partial charge in [-0.2, -0.15) is 0 Å². The van der Waals surface area contributed by atoms with Crippen LogP contribution in [0.15, 0.2) is 42.5 Å². The maximum Gasteiger partial charge on any atom is 0.317 e. The fourth-order valence-electron chi connectivity index (χ4n) is 3.28. The van der Waals surface area contributed by atoms with E-state index in [4.69, 9.17) is 23.2 Å². The summed E-state index contributed by atoms with van der Waals surface area (Å²) in [5.41, 5.74) is 3.32. The zero-order valence-corrected chi connectivity index (χ0v) is 16.5. The molecule has 0 bridgehead atoms. The van der Waals surface area contributed by atoms with Gasteiger partial charge in [0.2, 0.25) is 0 Å². The van der Waals surface area contributed by atoms with E-state index in [1.54, 1.807) is 12.1 Å². The number of urea groups is 1. The van der Waals surface area contributed by atoms with Gasteiger partial charge in [0, 0.05) is 48.0 Å². The van der Waals surface area contributed by atoms with Crippen LogP contribution in [0.4, 0.5) is 10.5 Å². The Morgan fingerprint density at radius 3 is 2.69 bits per heavy atom. The topological polar surface area (TPSA) is 35.6 Å². The Morgan fingerprint density at radius 1 is 1.19 bits per heavy atom. The molecule has 1 fully saturated rings. The van der Waals surface area contributed by atoms with Gasteiger partial charge >= 0.3 is 6.03 Å². The number of carbonyl (C=O) groups is 1. The summed E-state index contributed by atoms with van der Waals surface area (Å²) in [6.45, 7) is 6.84. The monoisotopic (exact) mass is 391 g/mol. The minimum Gasteiger partial charge on any atom is -0.365 e. The SMILES string of the molecule is Cc1cccc(N2CCN(C(=O)NCc3ccc(Cl)cc3Cl)CC2C)c1. The number of hydrogen-bond acceptors (Lipinski definition) is 2. The number of rotatable bonds is 3. The van der Waals surface area contributed by atoms with E-state index in [2.05, 4.69) is 48.3 Å². The molecule has 1 unspecified atom stereocenters. The van der Waals surface area contributed by atoms with E-state index < -0.39 is 0 Å². The normalized spacial score (nSPS) is 17.3. The summed E-state index contributed by atoms with van der Waals surface area (Å²) in [4.78, 5) is 16.7. The first kappa shape index (κ1) is 18.9. The Balaban J connectivity index is 1.57. The lowest BCUT2D eigenvalue weighted by molar-refractivity contribution is 0.186. The van der Waals surface area contributed by atoms with Gasteiger partial charge in [-0.25, -0.2) is 4.79 Å². The van der Waals surface area contributed by atoms with Crippen molar-refractivity contribution in [2.75, 3.05) is 24.5 Å². The molecule has 1 aliphatic heterocycles. The Morgan fingerprint density at radius 2 is 2.00 bits per heavy atom. The van der Waals surface area contributed by atoms with E-state index in [1.165, 1.54) is 11.3 Å². The molecule has 0 spiro atoms. The first-order valence-electron chi connectivity index (χ1n) is 8.74. The van der Waals surface area contributed by atoms with Crippen molar-refractivity contribution in [2.45, 2.75) is 26.4 Å². The van der Waals surface area contributed by atoms with Gasteiger partial charge in [-0.1, -0.05) is 41.4 Å². The van der Waals surface area contributed by atoms with Crippen molar-refractivity contribution in [3.8, 4) is 0 Å². The highest BCUT2D eigenvalue weighted by molar-refractivity contribution is 6.35. The molecule has 2 aromatic carbocycles. The summed E-state index contributed by atoms with van der Waals surface area (Å²) in [7, 11) is 0. The third-order valence-corrected chi connectivity index (χ3v) is 5.28. The number of amides is 2. The molecule has 1 heterocycles. The predicted octanol–water partition coefficient (Wildman–Crippen LogP) is 4.72. The van der Waals surface area contributed by atoms with E-state index in [1.807, 2.05) is 11.0 Å². The molecule has 2 amide bonds. The summed E-state index contributed by atoms with van der Waals surface area (Å²) in [6.07, 6.45) is 0. The summed E-state index contributed by atoms with van der Waals surface area (Å²) >= 11 is 12.1. The lowest BCUT2D eigenvalue weighted by Crippen LogP contribution is -2.55. The molecule has 1 atom stereocenters. The van der Waals surface area contributed by atoms with Gasteiger partial charge in [0.1, 0.15) is 0 Å². The molecule has 1 saturated heterocycles. The van der Waals surface area contributed by atoms with Crippen LogP contribution in [0.3, 0.4) is 0 Å². The first-order valence-corrected chi connectivity index (χ1v) is 9.49. The zero-order valence-electron chi connectivity index (χ0n) is 15.0. The van der Waals surface area contributed by atoms with E-state index in [0.717, 1.165) is 12.1 Å². The quantitative estimate of drug-likeness (QED) is 0.820.